The van der Waals surface area contributed by atoms with Gasteiger partial charge in [-0.2, -0.15) is 0 Å². The predicted octanol–water partition coefficient (Wildman–Crippen LogP) is 4.73. The van der Waals surface area contributed by atoms with Gasteiger partial charge in [-0.15, -0.1) is 22.7 Å². The Hall–Kier alpha value is -3.23. The highest BCUT2D eigenvalue weighted by molar-refractivity contribution is 7.21. The van der Waals surface area contributed by atoms with E-state index in [1.165, 1.54) is 22.2 Å². The number of benzene rings is 2. The van der Waals surface area contributed by atoms with E-state index in [4.69, 9.17) is 0 Å². The van der Waals surface area contributed by atoms with Crippen LogP contribution in [-0.2, 0) is 6.42 Å². The van der Waals surface area contributed by atoms with E-state index in [2.05, 4.69) is 31.3 Å². The highest BCUT2D eigenvalue weighted by Gasteiger charge is 2.18. The van der Waals surface area contributed by atoms with Gasteiger partial charge >= 0.3 is 0 Å². The number of carbonyl (C=O) groups excluding carboxylic acids is 1. The summed E-state index contributed by atoms with van der Waals surface area (Å²) in [7, 11) is 0. The third-order valence-corrected chi connectivity index (χ3v) is 6.74. The van der Waals surface area contributed by atoms with Gasteiger partial charge in [0.2, 0.25) is 0 Å². The Morgan fingerprint density at radius 2 is 1.57 bits per heavy atom. The van der Waals surface area contributed by atoms with Crippen molar-refractivity contribution in [3.63, 3.8) is 0 Å². The maximum absolute atomic E-state index is 12.8. The average Bonchev–Trinajstić information content (AvgIpc) is 3.40. The molecule has 1 N–H and O–H groups in total. The lowest BCUT2D eigenvalue weighted by Crippen LogP contribution is -2.26. The molecule has 0 aliphatic rings. The van der Waals surface area contributed by atoms with E-state index in [0.29, 0.717) is 22.9 Å². The van der Waals surface area contributed by atoms with Gasteiger partial charge in [0.15, 0.2) is 5.69 Å². The second-order valence-corrected chi connectivity index (χ2v) is 8.82. The number of para-hydroxylation sites is 2. The smallest absolute Gasteiger partial charge is 0.272 e. The molecule has 3 aromatic heterocycles. The summed E-state index contributed by atoms with van der Waals surface area (Å²) >= 11 is 3.21. The lowest BCUT2D eigenvalue weighted by Gasteiger charge is -2.06. The summed E-state index contributed by atoms with van der Waals surface area (Å²) in [6.45, 7) is 0.546. The summed E-state index contributed by atoms with van der Waals surface area (Å²) in [5, 5.41) is 4.74. The first-order chi connectivity index (χ1) is 14.8. The van der Waals surface area contributed by atoms with Gasteiger partial charge in [-0.05, 0) is 30.7 Å². The van der Waals surface area contributed by atoms with Gasteiger partial charge in [-0.1, -0.05) is 24.3 Å². The third-order valence-electron chi connectivity index (χ3n) is 4.60. The molecule has 0 aliphatic carbocycles. The maximum atomic E-state index is 12.8. The van der Waals surface area contributed by atoms with Gasteiger partial charge in [-0.25, -0.2) is 19.9 Å². The van der Waals surface area contributed by atoms with Crippen molar-refractivity contribution in [2.75, 3.05) is 6.54 Å². The molecule has 0 atom stereocenters. The molecule has 148 valence electrons. The minimum Gasteiger partial charge on any atom is -0.351 e. The van der Waals surface area contributed by atoms with E-state index in [-0.39, 0.29) is 5.91 Å². The predicted molar refractivity (Wildman–Crippen MR) is 121 cm³/mol. The van der Waals surface area contributed by atoms with Gasteiger partial charge < -0.3 is 5.32 Å². The Labute approximate surface area is 180 Å². The zero-order valence-electron chi connectivity index (χ0n) is 15.9. The van der Waals surface area contributed by atoms with Crippen LogP contribution < -0.4 is 5.32 Å². The molecule has 0 spiro atoms. The molecule has 8 heteroatoms. The minimum atomic E-state index is -0.235. The molecule has 0 radical (unpaired) electrons. The number of carbonyl (C=O) groups is 1. The summed E-state index contributed by atoms with van der Waals surface area (Å²) in [5.41, 5.74) is 2.74. The number of rotatable bonds is 6. The quantitative estimate of drug-likeness (QED) is 0.393. The average molecular weight is 432 g/mol. The molecule has 30 heavy (non-hydrogen) atoms. The van der Waals surface area contributed by atoms with E-state index in [0.717, 1.165) is 33.6 Å². The van der Waals surface area contributed by atoms with Gasteiger partial charge in [-0.3, -0.25) is 4.79 Å². The van der Waals surface area contributed by atoms with E-state index >= 15 is 0 Å². The molecule has 0 saturated carbocycles. The number of amides is 1. The molecule has 0 bridgehead atoms. The van der Waals surface area contributed by atoms with Crippen LogP contribution in [0.25, 0.3) is 31.1 Å². The summed E-state index contributed by atoms with van der Waals surface area (Å²) in [5.74, 6) is -0.235. The summed E-state index contributed by atoms with van der Waals surface area (Å²) in [4.78, 5) is 30.7. The van der Waals surface area contributed by atoms with Crippen molar-refractivity contribution in [3.05, 3.63) is 71.6 Å². The number of nitrogens with zero attached hydrogens (tertiary/aromatic N) is 4. The molecule has 3 heterocycles. The highest BCUT2D eigenvalue weighted by atomic mass is 32.1. The number of aryl methyl sites for hydroxylation is 1. The summed E-state index contributed by atoms with van der Waals surface area (Å²) in [6.07, 6.45) is 4.76. The van der Waals surface area contributed by atoms with E-state index in [1.54, 1.807) is 17.5 Å². The van der Waals surface area contributed by atoms with Gasteiger partial charge in [0.05, 0.1) is 25.4 Å². The topological polar surface area (TPSA) is 80.7 Å². The van der Waals surface area contributed by atoms with Gasteiger partial charge in [0, 0.05) is 25.4 Å². The number of fused-ring (bicyclic) bond motifs is 2. The summed E-state index contributed by atoms with van der Waals surface area (Å²) < 4.78 is 2.25. The second-order valence-electron chi connectivity index (χ2n) is 6.68. The van der Waals surface area contributed by atoms with Crippen LogP contribution in [0.5, 0.6) is 0 Å². The van der Waals surface area contributed by atoms with Crippen LogP contribution in [0.3, 0.4) is 0 Å². The third kappa shape index (κ3) is 3.79. The molecular formula is C22H17N5OS2. The number of hydrogen-bond acceptors (Lipinski definition) is 7. The standard InChI is InChI=1S/C22H17N5OS2/c28-21(25-11-5-10-18-26-14-6-1-3-8-16(14)29-18)19-20(24-13-12-23-19)22-27-15-7-2-4-9-17(15)30-22/h1-4,6-9,12-13H,5,10-11H2,(H,25,28). The fourth-order valence-electron chi connectivity index (χ4n) is 3.19. The first-order valence-corrected chi connectivity index (χ1v) is 11.2. The van der Waals surface area contributed by atoms with Crippen molar-refractivity contribution in [3.8, 4) is 10.7 Å². The van der Waals surface area contributed by atoms with Crippen LogP contribution in [-0.4, -0.2) is 32.4 Å². The molecule has 6 nitrogen and oxygen atoms in total. The Bertz CT molecular complexity index is 1280. The number of hydrogen-bond donors (Lipinski definition) is 1. The van der Waals surface area contributed by atoms with Crippen LogP contribution >= 0.6 is 22.7 Å². The zero-order valence-corrected chi connectivity index (χ0v) is 17.5. The normalized spacial score (nSPS) is 11.2. The molecular weight excluding hydrogens is 414 g/mol. The maximum Gasteiger partial charge on any atom is 0.272 e. The summed E-state index contributed by atoms with van der Waals surface area (Å²) in [6, 6.07) is 16.0. The Balaban J connectivity index is 1.26. The Kier molecular flexibility index (Phi) is 5.17. The van der Waals surface area contributed by atoms with Gasteiger partial charge in [0.25, 0.3) is 5.91 Å². The number of aromatic nitrogens is 4. The lowest BCUT2D eigenvalue weighted by molar-refractivity contribution is 0.0948. The van der Waals surface area contributed by atoms with Gasteiger partial charge in [0.1, 0.15) is 10.7 Å². The molecule has 0 fully saturated rings. The van der Waals surface area contributed by atoms with E-state index in [9.17, 15) is 4.79 Å². The van der Waals surface area contributed by atoms with Crippen LogP contribution in [0, 0.1) is 0 Å². The van der Waals surface area contributed by atoms with Crippen molar-refractivity contribution in [2.24, 2.45) is 0 Å². The molecule has 0 aliphatic heterocycles. The van der Waals surface area contributed by atoms with E-state index < -0.39 is 0 Å². The monoisotopic (exact) mass is 431 g/mol. The molecule has 0 saturated heterocycles. The molecule has 5 rings (SSSR count). The fraction of sp³-hybridized carbons (Fsp3) is 0.136. The lowest BCUT2D eigenvalue weighted by atomic mass is 10.2. The first-order valence-electron chi connectivity index (χ1n) is 9.57. The Morgan fingerprint density at radius 1 is 0.867 bits per heavy atom. The zero-order chi connectivity index (χ0) is 20.3. The Morgan fingerprint density at radius 3 is 2.33 bits per heavy atom. The number of thiazole rings is 2. The molecule has 5 aromatic rings. The van der Waals surface area contributed by atoms with Crippen molar-refractivity contribution in [1.29, 1.82) is 0 Å². The van der Waals surface area contributed by atoms with Crippen molar-refractivity contribution < 1.29 is 4.79 Å². The van der Waals surface area contributed by atoms with Crippen molar-refractivity contribution >= 4 is 49.0 Å². The van der Waals surface area contributed by atoms with Crippen molar-refractivity contribution in [1.82, 2.24) is 25.3 Å². The number of nitrogens with one attached hydrogen (secondary N) is 1. The molecule has 2 aromatic carbocycles. The van der Waals surface area contributed by atoms with Crippen molar-refractivity contribution in [2.45, 2.75) is 12.8 Å². The van der Waals surface area contributed by atoms with E-state index in [1.807, 2.05) is 42.5 Å². The largest absolute Gasteiger partial charge is 0.351 e. The SMILES string of the molecule is O=C(NCCCc1nc2ccccc2s1)c1nccnc1-c1nc2ccccc2s1. The van der Waals surface area contributed by atoms with Crippen LogP contribution in [0.15, 0.2) is 60.9 Å². The van der Waals surface area contributed by atoms with Crippen LogP contribution in [0.2, 0.25) is 0 Å². The molecule has 0 unspecified atom stereocenters. The fourth-order valence-corrected chi connectivity index (χ4v) is 5.16. The first kappa shape index (κ1) is 18.8. The second kappa shape index (κ2) is 8.25. The molecule has 1 amide bonds. The minimum absolute atomic E-state index is 0.235. The van der Waals surface area contributed by atoms with Crippen LogP contribution in [0.1, 0.15) is 21.9 Å². The highest BCUT2D eigenvalue weighted by Crippen LogP contribution is 2.30. The van der Waals surface area contributed by atoms with Crippen LogP contribution in [0.4, 0.5) is 0 Å².